The zero-order chi connectivity index (χ0) is 17.4. The van der Waals surface area contributed by atoms with Crippen LogP contribution in [0.4, 0.5) is 0 Å². The minimum Gasteiger partial charge on any atom is -0.465 e. The summed E-state index contributed by atoms with van der Waals surface area (Å²) in [4.78, 5) is 12.4. The third kappa shape index (κ3) is 5.21. The zero-order valence-electron chi connectivity index (χ0n) is 15.4. The molecule has 0 bridgehead atoms. The average Bonchev–Trinajstić information content (AvgIpc) is 2.49. The van der Waals surface area contributed by atoms with E-state index < -0.39 is 13.7 Å². The van der Waals surface area contributed by atoms with E-state index in [2.05, 4.69) is 20.8 Å². The minimum absolute atomic E-state index is 0.0521. The van der Waals surface area contributed by atoms with E-state index in [1.165, 1.54) is 0 Å². The van der Waals surface area contributed by atoms with Crippen LogP contribution in [0.2, 0.25) is 18.1 Å². The molecule has 0 fully saturated rings. The fraction of sp³-hybridized carbons (Fsp3) is 0.824. The summed E-state index contributed by atoms with van der Waals surface area (Å²) in [7, 11) is -1.88. The quantitative estimate of drug-likeness (QED) is 0.375. The van der Waals surface area contributed by atoms with E-state index in [9.17, 15) is 9.90 Å². The first kappa shape index (κ1) is 21.3. The molecule has 0 spiro atoms. The maximum absolute atomic E-state index is 12.4. The van der Waals surface area contributed by atoms with Gasteiger partial charge in [0.15, 0.2) is 8.32 Å². The van der Waals surface area contributed by atoms with Gasteiger partial charge in [-0.2, -0.15) is 0 Å². The molecule has 1 N–H and O–H groups in total. The van der Waals surface area contributed by atoms with Gasteiger partial charge in [-0.1, -0.05) is 26.8 Å². The molecular formula is C17H34O4Si. The second-order valence-corrected chi connectivity index (χ2v) is 11.0. The summed E-state index contributed by atoms with van der Waals surface area (Å²) >= 11 is 0. The van der Waals surface area contributed by atoms with Crippen molar-refractivity contribution in [2.75, 3.05) is 13.2 Å². The molecule has 1 unspecified atom stereocenters. The molecule has 0 aromatic heterocycles. The van der Waals surface area contributed by atoms with Crippen molar-refractivity contribution < 1.29 is 19.1 Å². The van der Waals surface area contributed by atoms with E-state index >= 15 is 0 Å². The highest BCUT2D eigenvalue weighted by Crippen LogP contribution is 2.35. The molecule has 0 amide bonds. The Morgan fingerprint density at radius 3 is 2.05 bits per heavy atom. The van der Waals surface area contributed by atoms with Crippen LogP contribution in [0.1, 0.15) is 48.5 Å². The zero-order valence-corrected chi connectivity index (χ0v) is 16.4. The van der Waals surface area contributed by atoms with Crippen molar-refractivity contribution in [3.63, 3.8) is 0 Å². The van der Waals surface area contributed by atoms with Crippen molar-refractivity contribution in [3.05, 3.63) is 11.6 Å². The SMILES string of the molecule is CCOC(=O)C(C)(C)C(O[Si](CC)(CC)CC)/C(C)=C\CO. The van der Waals surface area contributed by atoms with Gasteiger partial charge >= 0.3 is 5.97 Å². The number of hydrogen-bond donors (Lipinski definition) is 1. The van der Waals surface area contributed by atoms with Gasteiger partial charge in [0, 0.05) is 0 Å². The fourth-order valence-corrected chi connectivity index (χ4v) is 5.72. The number of aliphatic hydroxyl groups excluding tert-OH is 1. The molecular weight excluding hydrogens is 296 g/mol. The Hall–Kier alpha value is -0.653. The summed E-state index contributed by atoms with van der Waals surface area (Å²) in [5.41, 5.74) is 0.122. The van der Waals surface area contributed by atoms with Gasteiger partial charge in [0.05, 0.1) is 24.7 Å². The van der Waals surface area contributed by atoms with Crippen LogP contribution in [0.15, 0.2) is 11.6 Å². The molecule has 0 aliphatic rings. The molecule has 5 heteroatoms. The van der Waals surface area contributed by atoms with Crippen LogP contribution in [0.5, 0.6) is 0 Å². The molecule has 0 aliphatic carbocycles. The standard InChI is InChI=1S/C17H34O4Si/c1-8-20-16(19)17(6,7)15(14(5)12-13-18)21-22(9-2,10-3)11-4/h12,15,18H,8-11,13H2,1-7H3/b14-12-. The molecule has 0 heterocycles. The van der Waals surface area contributed by atoms with Crippen molar-refractivity contribution >= 4 is 14.3 Å². The molecule has 0 radical (unpaired) electrons. The largest absolute Gasteiger partial charge is 0.465 e. The van der Waals surface area contributed by atoms with Gasteiger partial charge in [-0.15, -0.1) is 0 Å². The minimum atomic E-state index is -1.88. The van der Waals surface area contributed by atoms with Crippen molar-refractivity contribution in [1.29, 1.82) is 0 Å². The van der Waals surface area contributed by atoms with E-state index in [0.717, 1.165) is 23.7 Å². The Labute approximate surface area is 137 Å². The van der Waals surface area contributed by atoms with E-state index in [4.69, 9.17) is 9.16 Å². The van der Waals surface area contributed by atoms with Gasteiger partial charge in [-0.25, -0.2) is 0 Å². The van der Waals surface area contributed by atoms with Gasteiger partial charge in [0.1, 0.15) is 0 Å². The summed E-state index contributed by atoms with van der Waals surface area (Å²) in [6.45, 7) is 14.3. The van der Waals surface area contributed by atoms with E-state index in [1.807, 2.05) is 27.7 Å². The number of carbonyl (C=O) groups is 1. The molecule has 0 aliphatic heterocycles. The summed E-state index contributed by atoms with van der Waals surface area (Å²) < 4.78 is 11.8. The van der Waals surface area contributed by atoms with Gasteiger partial charge in [0.25, 0.3) is 0 Å². The second-order valence-electron chi connectivity index (χ2n) is 6.31. The lowest BCUT2D eigenvalue weighted by Gasteiger charge is -2.40. The van der Waals surface area contributed by atoms with Crippen molar-refractivity contribution in [1.82, 2.24) is 0 Å². The third-order valence-corrected chi connectivity index (χ3v) is 9.19. The Bertz CT molecular complexity index is 365. The highest BCUT2D eigenvalue weighted by atomic mass is 28.4. The third-order valence-electron chi connectivity index (χ3n) is 4.58. The lowest BCUT2D eigenvalue weighted by molar-refractivity contribution is -0.157. The molecule has 0 saturated carbocycles. The molecule has 0 aromatic rings. The topological polar surface area (TPSA) is 55.8 Å². The van der Waals surface area contributed by atoms with Crippen molar-refractivity contribution in [3.8, 4) is 0 Å². The Morgan fingerprint density at radius 1 is 1.18 bits per heavy atom. The Kier molecular flexibility index (Phi) is 9.20. The number of rotatable bonds is 10. The molecule has 0 aromatic carbocycles. The van der Waals surface area contributed by atoms with Gasteiger partial charge < -0.3 is 14.3 Å². The van der Waals surface area contributed by atoms with Crippen LogP contribution in [0.25, 0.3) is 0 Å². The van der Waals surface area contributed by atoms with E-state index in [-0.39, 0.29) is 18.7 Å². The predicted octanol–water partition coefficient (Wildman–Crippen LogP) is 3.90. The molecule has 0 rings (SSSR count). The predicted molar refractivity (Wildman–Crippen MR) is 93.3 cm³/mol. The van der Waals surface area contributed by atoms with Gasteiger partial charge in [-0.3, -0.25) is 4.79 Å². The molecule has 130 valence electrons. The maximum Gasteiger partial charge on any atom is 0.314 e. The van der Waals surface area contributed by atoms with Crippen LogP contribution >= 0.6 is 0 Å². The van der Waals surface area contributed by atoms with Gasteiger partial charge in [-0.05, 0) is 51.4 Å². The molecule has 0 saturated heterocycles. The smallest absolute Gasteiger partial charge is 0.314 e. The summed E-state index contributed by atoms with van der Waals surface area (Å²) in [5, 5.41) is 9.23. The normalized spacial score (nSPS) is 14.8. The average molecular weight is 331 g/mol. The van der Waals surface area contributed by atoms with E-state index in [1.54, 1.807) is 6.08 Å². The first-order valence-corrected chi connectivity index (χ1v) is 10.9. The number of hydrogen-bond acceptors (Lipinski definition) is 4. The first-order valence-electron chi connectivity index (χ1n) is 8.37. The number of esters is 1. The number of carbonyl (C=O) groups excluding carboxylic acids is 1. The van der Waals surface area contributed by atoms with Gasteiger partial charge in [0.2, 0.25) is 0 Å². The summed E-state index contributed by atoms with van der Waals surface area (Å²) in [5.74, 6) is -0.253. The molecule has 22 heavy (non-hydrogen) atoms. The number of aliphatic hydroxyl groups is 1. The Balaban J connectivity index is 5.65. The van der Waals surface area contributed by atoms with E-state index in [0.29, 0.717) is 6.61 Å². The maximum atomic E-state index is 12.4. The monoisotopic (exact) mass is 330 g/mol. The first-order chi connectivity index (χ1) is 10.2. The van der Waals surface area contributed by atoms with Crippen LogP contribution in [-0.2, 0) is 14.0 Å². The highest BCUT2D eigenvalue weighted by Gasteiger charge is 2.44. The van der Waals surface area contributed by atoms with Crippen LogP contribution in [0, 0.1) is 5.41 Å². The van der Waals surface area contributed by atoms with Crippen LogP contribution < -0.4 is 0 Å². The fourth-order valence-electron chi connectivity index (χ4n) is 2.73. The lowest BCUT2D eigenvalue weighted by Crippen LogP contribution is -2.49. The number of ether oxygens (including phenoxy) is 1. The molecule has 1 atom stereocenters. The van der Waals surface area contributed by atoms with Crippen molar-refractivity contribution in [2.24, 2.45) is 5.41 Å². The summed E-state index contributed by atoms with van der Waals surface area (Å²) in [6.07, 6.45) is 1.37. The van der Waals surface area contributed by atoms with Crippen LogP contribution in [0.3, 0.4) is 0 Å². The van der Waals surface area contributed by atoms with Crippen LogP contribution in [-0.4, -0.2) is 38.7 Å². The molecule has 4 nitrogen and oxygen atoms in total. The Morgan fingerprint density at radius 2 is 1.68 bits per heavy atom. The lowest BCUT2D eigenvalue weighted by atomic mass is 9.83. The highest BCUT2D eigenvalue weighted by molar-refractivity contribution is 6.73. The summed E-state index contributed by atoms with van der Waals surface area (Å²) in [6, 6.07) is 3.05. The van der Waals surface area contributed by atoms with Crippen molar-refractivity contribution in [2.45, 2.75) is 72.7 Å². The second kappa shape index (κ2) is 9.48.